The van der Waals surface area contributed by atoms with E-state index in [2.05, 4.69) is 45.0 Å². The summed E-state index contributed by atoms with van der Waals surface area (Å²) in [5, 5.41) is 19.4. The maximum atomic E-state index is 12.3. The van der Waals surface area contributed by atoms with Crippen LogP contribution in [0.2, 0.25) is 0 Å². The number of amides is 2. The molecule has 0 unspecified atom stereocenters. The molecule has 24 heavy (non-hydrogen) atoms. The second kappa shape index (κ2) is 6.84. The van der Waals surface area contributed by atoms with Gasteiger partial charge in [0.1, 0.15) is 5.00 Å². The van der Waals surface area contributed by atoms with E-state index in [1.165, 1.54) is 11.3 Å². The molecule has 0 aromatic carbocycles. The molecule has 1 saturated carbocycles. The maximum absolute atomic E-state index is 12.3. The van der Waals surface area contributed by atoms with Crippen LogP contribution in [0.3, 0.4) is 0 Å². The number of nitrogens with one attached hydrogen (secondary N) is 2. The van der Waals surface area contributed by atoms with Crippen LogP contribution in [0.15, 0.2) is 0 Å². The average molecular weight is 349 g/mol. The normalized spacial score (nSPS) is 15.5. The molecule has 1 aliphatic rings. The molecule has 2 amide bonds. The Morgan fingerprint density at radius 1 is 1.38 bits per heavy atom. The Hall–Kier alpha value is -2.03. The van der Waals surface area contributed by atoms with Gasteiger partial charge in [0.25, 0.3) is 0 Å². The fourth-order valence-electron chi connectivity index (χ4n) is 2.56. The highest BCUT2D eigenvalue weighted by Crippen LogP contribution is 2.35. The number of carbonyl (C=O) groups excluding carboxylic acids is 1. The van der Waals surface area contributed by atoms with Crippen molar-refractivity contribution in [3.63, 3.8) is 0 Å². The summed E-state index contributed by atoms with van der Waals surface area (Å²) >= 11 is 1.50. The van der Waals surface area contributed by atoms with E-state index in [-0.39, 0.29) is 12.1 Å². The number of hydrogen-bond acceptors (Lipinski definition) is 6. The third kappa shape index (κ3) is 3.89. The van der Waals surface area contributed by atoms with Crippen molar-refractivity contribution in [2.75, 3.05) is 5.32 Å². The Kier molecular flexibility index (Phi) is 4.79. The van der Waals surface area contributed by atoms with E-state index in [1.807, 2.05) is 18.5 Å². The van der Waals surface area contributed by atoms with Gasteiger partial charge in [-0.1, -0.05) is 13.8 Å². The predicted octanol–water partition coefficient (Wildman–Crippen LogP) is 2.85. The lowest BCUT2D eigenvalue weighted by molar-refractivity contribution is 0.248. The largest absolute Gasteiger partial charge is 0.328 e. The molecule has 1 atom stereocenters. The number of tetrazole rings is 1. The standard InChI is InChI=1S/C15H23N7OS/c1-8(2)7-12-14(24-10(4)17-12)18-15(23)16-9(3)13-19-20-21-22(13)11-5-6-11/h8-9,11H,5-7H2,1-4H3,(H2,16,18,23)/t9-/m1/s1. The fraction of sp³-hybridized carbons (Fsp3) is 0.667. The summed E-state index contributed by atoms with van der Waals surface area (Å²) in [7, 11) is 0. The summed E-state index contributed by atoms with van der Waals surface area (Å²) in [6, 6.07) is -0.145. The van der Waals surface area contributed by atoms with Crippen molar-refractivity contribution < 1.29 is 4.79 Å². The minimum absolute atomic E-state index is 0.261. The van der Waals surface area contributed by atoms with E-state index in [4.69, 9.17) is 0 Å². The van der Waals surface area contributed by atoms with Crippen molar-refractivity contribution in [3.8, 4) is 0 Å². The van der Waals surface area contributed by atoms with Crippen molar-refractivity contribution >= 4 is 22.4 Å². The molecule has 0 aliphatic heterocycles. The van der Waals surface area contributed by atoms with Crippen molar-refractivity contribution in [1.82, 2.24) is 30.5 Å². The summed E-state index contributed by atoms with van der Waals surface area (Å²) in [6.45, 7) is 8.11. The van der Waals surface area contributed by atoms with Crippen LogP contribution in [-0.4, -0.2) is 31.2 Å². The predicted molar refractivity (Wildman–Crippen MR) is 92.1 cm³/mol. The first-order chi connectivity index (χ1) is 11.4. The highest BCUT2D eigenvalue weighted by atomic mass is 32.1. The smallest absolute Gasteiger partial charge is 0.320 e. The summed E-state index contributed by atoms with van der Waals surface area (Å²) < 4.78 is 1.81. The molecule has 0 saturated heterocycles. The molecule has 130 valence electrons. The van der Waals surface area contributed by atoms with Crippen LogP contribution in [0.5, 0.6) is 0 Å². The number of rotatable bonds is 6. The first-order valence-electron chi connectivity index (χ1n) is 8.25. The highest BCUT2D eigenvalue weighted by molar-refractivity contribution is 7.16. The molecule has 2 heterocycles. The second-order valence-electron chi connectivity index (χ2n) is 6.64. The van der Waals surface area contributed by atoms with Crippen LogP contribution < -0.4 is 10.6 Å². The quantitative estimate of drug-likeness (QED) is 0.835. The van der Waals surface area contributed by atoms with Crippen molar-refractivity contribution in [1.29, 1.82) is 0 Å². The molecule has 2 aromatic rings. The summed E-state index contributed by atoms with van der Waals surface area (Å²) in [5.74, 6) is 1.17. The van der Waals surface area contributed by atoms with E-state index in [1.54, 1.807) is 0 Å². The minimum Gasteiger partial charge on any atom is -0.328 e. The van der Waals surface area contributed by atoms with Gasteiger partial charge in [-0.05, 0) is 49.5 Å². The van der Waals surface area contributed by atoms with E-state index in [0.717, 1.165) is 35.0 Å². The van der Waals surface area contributed by atoms with Crippen molar-refractivity contribution in [2.45, 2.75) is 59.0 Å². The lowest BCUT2D eigenvalue weighted by atomic mass is 10.1. The first kappa shape index (κ1) is 16.8. The molecule has 2 N–H and O–H groups in total. The van der Waals surface area contributed by atoms with E-state index in [9.17, 15) is 4.79 Å². The Morgan fingerprint density at radius 3 is 2.79 bits per heavy atom. The van der Waals surface area contributed by atoms with E-state index in [0.29, 0.717) is 17.8 Å². The van der Waals surface area contributed by atoms with E-state index >= 15 is 0 Å². The van der Waals surface area contributed by atoms with E-state index < -0.39 is 0 Å². The van der Waals surface area contributed by atoms with Gasteiger partial charge in [0, 0.05) is 0 Å². The number of aromatic nitrogens is 5. The molecule has 0 bridgehead atoms. The zero-order valence-electron chi connectivity index (χ0n) is 14.4. The van der Waals surface area contributed by atoms with Crippen LogP contribution in [-0.2, 0) is 6.42 Å². The zero-order chi connectivity index (χ0) is 17.3. The van der Waals surface area contributed by atoms with Gasteiger partial charge in [0.2, 0.25) is 0 Å². The number of aryl methyl sites for hydroxylation is 1. The summed E-state index contributed by atoms with van der Waals surface area (Å²) in [4.78, 5) is 16.9. The third-order valence-electron chi connectivity index (χ3n) is 3.78. The van der Waals surface area contributed by atoms with Crippen molar-refractivity contribution in [3.05, 3.63) is 16.5 Å². The summed E-state index contributed by atoms with van der Waals surface area (Å²) in [6.07, 6.45) is 3.03. The minimum atomic E-state index is -0.262. The van der Waals surface area contributed by atoms with Crippen LogP contribution >= 0.6 is 11.3 Å². The Balaban J connectivity index is 1.64. The van der Waals surface area contributed by atoms with Crippen LogP contribution in [0.25, 0.3) is 0 Å². The SMILES string of the molecule is Cc1nc(CC(C)C)c(NC(=O)N[C@H](C)c2nnnn2C2CC2)s1. The average Bonchev–Trinajstić information content (AvgIpc) is 3.11. The van der Waals surface area contributed by atoms with Crippen LogP contribution in [0, 0.1) is 12.8 Å². The highest BCUT2D eigenvalue weighted by Gasteiger charge is 2.30. The molecular weight excluding hydrogens is 326 g/mol. The van der Waals surface area contributed by atoms with Gasteiger partial charge in [-0.2, -0.15) is 0 Å². The number of carbonyl (C=O) groups is 1. The molecule has 9 heteroatoms. The number of hydrogen-bond donors (Lipinski definition) is 2. The lowest BCUT2D eigenvalue weighted by Crippen LogP contribution is -2.32. The monoisotopic (exact) mass is 349 g/mol. The Morgan fingerprint density at radius 2 is 2.12 bits per heavy atom. The molecule has 1 fully saturated rings. The number of anilines is 1. The Labute approximate surface area is 145 Å². The number of urea groups is 1. The van der Waals surface area contributed by atoms with Gasteiger partial charge >= 0.3 is 6.03 Å². The number of nitrogens with zero attached hydrogens (tertiary/aromatic N) is 5. The number of thiazole rings is 1. The van der Waals surface area contributed by atoms with Crippen molar-refractivity contribution in [2.24, 2.45) is 5.92 Å². The lowest BCUT2D eigenvalue weighted by Gasteiger charge is -2.14. The molecule has 8 nitrogen and oxygen atoms in total. The molecule has 3 rings (SSSR count). The van der Waals surface area contributed by atoms with Gasteiger partial charge in [-0.15, -0.1) is 16.4 Å². The maximum Gasteiger partial charge on any atom is 0.320 e. The van der Waals surface area contributed by atoms with Gasteiger partial charge in [-0.3, -0.25) is 5.32 Å². The third-order valence-corrected chi connectivity index (χ3v) is 4.71. The van der Waals surface area contributed by atoms with Crippen LogP contribution in [0.4, 0.5) is 9.80 Å². The molecular formula is C15H23N7OS. The second-order valence-corrected chi connectivity index (χ2v) is 7.84. The topological polar surface area (TPSA) is 97.6 Å². The first-order valence-corrected chi connectivity index (χ1v) is 9.07. The zero-order valence-corrected chi connectivity index (χ0v) is 15.2. The Bertz CT molecular complexity index is 719. The molecule has 0 spiro atoms. The van der Waals surface area contributed by atoms with Crippen LogP contribution in [0.1, 0.15) is 62.2 Å². The van der Waals surface area contributed by atoms with Gasteiger partial charge in [-0.25, -0.2) is 14.5 Å². The summed E-state index contributed by atoms with van der Waals surface area (Å²) in [5.41, 5.74) is 0.943. The fourth-order valence-corrected chi connectivity index (χ4v) is 3.40. The molecule has 0 radical (unpaired) electrons. The molecule has 1 aliphatic carbocycles. The molecule has 2 aromatic heterocycles. The van der Waals surface area contributed by atoms with Gasteiger partial charge in [0.15, 0.2) is 5.82 Å². The van der Waals surface area contributed by atoms with Gasteiger partial charge < -0.3 is 5.32 Å². The van der Waals surface area contributed by atoms with Gasteiger partial charge in [0.05, 0.1) is 22.8 Å².